The van der Waals surface area contributed by atoms with Gasteiger partial charge in [-0.25, -0.2) is 4.90 Å². The molecular weight excluding hydrogens is 496 g/mol. The molecule has 2 N–H and O–H groups in total. The van der Waals surface area contributed by atoms with E-state index in [0.717, 1.165) is 12.8 Å². The van der Waals surface area contributed by atoms with Gasteiger partial charge in [0, 0.05) is 26.7 Å². The molecule has 4 aliphatic heterocycles. The molecule has 1 unspecified atom stereocenters. The molecule has 2 aromatic carbocycles. The molecule has 0 bridgehead atoms. The SMILES string of the molecule is O=C1[C@H]2[C@H]3CCCN3[C@@]3(c4cc(Cl)cc(Cl)c4NC3O)[C@H]2C(=O)N1c1cc(Cl)cc(Cl)c1. The van der Waals surface area contributed by atoms with E-state index in [1.54, 1.807) is 30.3 Å². The minimum absolute atomic E-state index is 0.184. The second-order valence-corrected chi connectivity index (χ2v) is 10.4. The molecule has 6 nitrogen and oxygen atoms in total. The smallest absolute Gasteiger partial charge is 0.240 e. The van der Waals surface area contributed by atoms with Crippen molar-refractivity contribution in [2.45, 2.75) is 30.7 Å². The van der Waals surface area contributed by atoms with Gasteiger partial charge in [0.05, 0.1) is 28.2 Å². The molecule has 32 heavy (non-hydrogen) atoms. The molecule has 0 saturated carbocycles. The van der Waals surface area contributed by atoms with Gasteiger partial charge in [-0.2, -0.15) is 0 Å². The van der Waals surface area contributed by atoms with Crippen molar-refractivity contribution < 1.29 is 14.7 Å². The third-order valence-corrected chi connectivity index (χ3v) is 8.26. The number of anilines is 2. The highest BCUT2D eigenvalue weighted by molar-refractivity contribution is 6.37. The van der Waals surface area contributed by atoms with Crippen molar-refractivity contribution in [2.75, 3.05) is 16.8 Å². The molecule has 10 heteroatoms. The standard InChI is InChI=1S/C22H17Cl4N3O3/c23-9-4-10(24)6-12(5-9)29-19(30)16-15-2-1-3-28(15)22(17(16)20(29)31)13-7-11(25)8-14(26)18(13)27-21(22)32/h4-8,15-17,21,27,32H,1-3H2/t15-,16+,17-,21?,22+/m1/s1. The zero-order valence-corrected chi connectivity index (χ0v) is 19.5. The number of carbonyl (C=O) groups excluding carboxylic acids is 2. The molecule has 0 aromatic heterocycles. The van der Waals surface area contributed by atoms with Gasteiger partial charge in [0.2, 0.25) is 11.8 Å². The van der Waals surface area contributed by atoms with Crippen LogP contribution in [0, 0.1) is 11.8 Å². The number of hydrogen-bond donors (Lipinski definition) is 2. The van der Waals surface area contributed by atoms with Gasteiger partial charge in [-0.15, -0.1) is 0 Å². The van der Waals surface area contributed by atoms with E-state index in [2.05, 4.69) is 10.2 Å². The van der Waals surface area contributed by atoms with Gasteiger partial charge in [-0.05, 0) is 49.7 Å². The maximum absolute atomic E-state index is 13.9. The lowest BCUT2D eigenvalue weighted by Crippen LogP contribution is -2.56. The van der Waals surface area contributed by atoms with Crippen molar-refractivity contribution in [1.29, 1.82) is 0 Å². The number of rotatable bonds is 1. The first-order chi connectivity index (χ1) is 15.2. The fourth-order valence-corrected chi connectivity index (χ4v) is 7.41. The van der Waals surface area contributed by atoms with Crippen molar-refractivity contribution in [3.05, 3.63) is 56.0 Å². The third kappa shape index (κ3) is 2.51. The van der Waals surface area contributed by atoms with Crippen LogP contribution in [0.15, 0.2) is 30.3 Å². The highest BCUT2D eigenvalue weighted by Crippen LogP contribution is 2.63. The van der Waals surface area contributed by atoms with Gasteiger partial charge in [-0.1, -0.05) is 46.4 Å². The van der Waals surface area contributed by atoms with E-state index < -0.39 is 29.5 Å². The second kappa shape index (κ2) is 6.98. The number of aliphatic hydroxyl groups excluding tert-OH is 1. The summed E-state index contributed by atoms with van der Waals surface area (Å²) in [6.07, 6.45) is 0.475. The average molecular weight is 513 g/mol. The lowest BCUT2D eigenvalue weighted by molar-refractivity contribution is -0.127. The quantitative estimate of drug-likeness (QED) is 0.549. The summed E-state index contributed by atoms with van der Waals surface area (Å²) >= 11 is 25.1. The Kier molecular flexibility index (Phi) is 4.59. The van der Waals surface area contributed by atoms with Gasteiger partial charge in [0.15, 0.2) is 0 Å². The Morgan fingerprint density at radius 2 is 1.66 bits per heavy atom. The van der Waals surface area contributed by atoms with Crippen molar-refractivity contribution in [2.24, 2.45) is 11.8 Å². The van der Waals surface area contributed by atoms with E-state index in [1.807, 2.05) is 0 Å². The first-order valence-corrected chi connectivity index (χ1v) is 11.8. The maximum Gasteiger partial charge on any atom is 0.240 e. The van der Waals surface area contributed by atoms with Crippen LogP contribution < -0.4 is 10.2 Å². The summed E-state index contributed by atoms with van der Waals surface area (Å²) in [5, 5.41) is 15.9. The fourth-order valence-electron chi connectivity index (χ4n) is 6.35. The van der Waals surface area contributed by atoms with E-state index in [1.165, 1.54) is 4.90 Å². The van der Waals surface area contributed by atoms with Crippen molar-refractivity contribution in [3.63, 3.8) is 0 Å². The number of imide groups is 1. The molecule has 3 saturated heterocycles. The topological polar surface area (TPSA) is 72.9 Å². The largest absolute Gasteiger partial charge is 0.371 e. The normalized spacial score (nSPS) is 33.1. The third-order valence-electron chi connectivity index (χ3n) is 7.30. The number of nitrogens with one attached hydrogen (secondary N) is 1. The van der Waals surface area contributed by atoms with Crippen LogP contribution in [0.1, 0.15) is 18.4 Å². The van der Waals surface area contributed by atoms with Crippen LogP contribution in [0.5, 0.6) is 0 Å². The van der Waals surface area contributed by atoms with Crippen LogP contribution in [-0.4, -0.2) is 40.6 Å². The summed E-state index contributed by atoms with van der Waals surface area (Å²) in [4.78, 5) is 30.9. The van der Waals surface area contributed by atoms with Crippen LogP contribution >= 0.6 is 46.4 Å². The Morgan fingerprint density at radius 1 is 0.969 bits per heavy atom. The van der Waals surface area contributed by atoms with Crippen LogP contribution in [0.3, 0.4) is 0 Å². The second-order valence-electron chi connectivity index (χ2n) is 8.73. The lowest BCUT2D eigenvalue weighted by Gasteiger charge is -2.41. The molecule has 0 radical (unpaired) electrons. The van der Waals surface area contributed by atoms with Gasteiger partial charge < -0.3 is 10.4 Å². The van der Waals surface area contributed by atoms with Crippen molar-refractivity contribution >= 4 is 69.6 Å². The molecular formula is C22H17Cl4N3O3. The summed E-state index contributed by atoms with van der Waals surface area (Å²) in [5.74, 6) is -2.11. The number of aliphatic hydroxyl groups is 1. The predicted molar refractivity (Wildman–Crippen MR) is 123 cm³/mol. The Morgan fingerprint density at radius 3 is 2.38 bits per heavy atom. The lowest BCUT2D eigenvalue weighted by atomic mass is 9.75. The zero-order valence-electron chi connectivity index (χ0n) is 16.5. The summed E-state index contributed by atoms with van der Waals surface area (Å²) in [6, 6.07) is 7.79. The Labute approximate surface area is 204 Å². The fraction of sp³-hybridized carbons (Fsp3) is 0.364. The molecule has 6 rings (SSSR count). The number of benzene rings is 2. The van der Waals surface area contributed by atoms with Gasteiger partial charge >= 0.3 is 0 Å². The Bertz CT molecular complexity index is 1190. The highest BCUT2D eigenvalue weighted by Gasteiger charge is 2.74. The molecule has 5 atom stereocenters. The van der Waals surface area contributed by atoms with E-state index >= 15 is 0 Å². The number of hydrogen-bond acceptors (Lipinski definition) is 5. The molecule has 1 spiro atoms. The van der Waals surface area contributed by atoms with Crippen molar-refractivity contribution in [1.82, 2.24) is 4.90 Å². The van der Waals surface area contributed by atoms with Crippen LogP contribution in [-0.2, 0) is 15.1 Å². The molecule has 4 aliphatic rings. The summed E-state index contributed by atoms with van der Waals surface area (Å²) in [7, 11) is 0. The number of halogens is 4. The average Bonchev–Trinajstić information content (AvgIpc) is 3.40. The summed E-state index contributed by atoms with van der Waals surface area (Å²) in [6.45, 7) is 0.656. The van der Waals surface area contributed by atoms with E-state index in [0.29, 0.717) is 43.6 Å². The van der Waals surface area contributed by atoms with Crippen LogP contribution in [0.2, 0.25) is 20.1 Å². The van der Waals surface area contributed by atoms with Crippen molar-refractivity contribution in [3.8, 4) is 0 Å². The van der Waals surface area contributed by atoms with Crippen LogP contribution in [0.25, 0.3) is 0 Å². The molecule has 2 amide bonds. The number of carbonyl (C=O) groups is 2. The summed E-state index contributed by atoms with van der Waals surface area (Å²) in [5.41, 5.74) is 0.365. The first-order valence-electron chi connectivity index (χ1n) is 10.3. The number of nitrogens with zero attached hydrogens (tertiary/aromatic N) is 2. The van der Waals surface area contributed by atoms with Gasteiger partial charge in [0.1, 0.15) is 11.8 Å². The van der Waals surface area contributed by atoms with Gasteiger partial charge in [-0.3, -0.25) is 14.5 Å². The minimum atomic E-state index is -1.15. The molecule has 4 heterocycles. The minimum Gasteiger partial charge on any atom is -0.371 e. The van der Waals surface area contributed by atoms with E-state index in [9.17, 15) is 14.7 Å². The molecule has 3 fully saturated rings. The number of amides is 2. The maximum atomic E-state index is 13.9. The predicted octanol–water partition coefficient (Wildman–Crippen LogP) is 4.52. The zero-order chi connectivity index (χ0) is 22.5. The van der Waals surface area contributed by atoms with Crippen LogP contribution in [0.4, 0.5) is 11.4 Å². The Balaban J connectivity index is 1.57. The molecule has 166 valence electrons. The first kappa shape index (κ1) is 21.0. The van der Waals surface area contributed by atoms with Gasteiger partial charge in [0.25, 0.3) is 0 Å². The summed E-state index contributed by atoms with van der Waals surface area (Å²) < 4.78 is 0. The van der Waals surface area contributed by atoms with E-state index in [4.69, 9.17) is 46.4 Å². The molecule has 0 aliphatic carbocycles. The van der Waals surface area contributed by atoms with E-state index in [-0.39, 0.29) is 11.9 Å². The number of fused-ring (bicyclic) bond motifs is 7. The monoisotopic (exact) mass is 511 g/mol. The Hall–Kier alpha value is -1.54. The highest BCUT2D eigenvalue weighted by atomic mass is 35.5. The molecule has 2 aromatic rings.